The lowest BCUT2D eigenvalue weighted by Crippen LogP contribution is -2.48. The van der Waals surface area contributed by atoms with E-state index >= 15 is 0 Å². The molecule has 0 aliphatic carbocycles. The summed E-state index contributed by atoms with van der Waals surface area (Å²) in [7, 11) is 1.78. The molecule has 1 aliphatic heterocycles. The number of carbonyl (C=O) groups excluding carboxylic acids is 1. The maximum absolute atomic E-state index is 11.9. The molecule has 2 aromatic rings. The highest BCUT2D eigenvalue weighted by Crippen LogP contribution is 2.31. The summed E-state index contributed by atoms with van der Waals surface area (Å²) in [5, 5.41) is 12.5. The number of para-hydroxylation sites is 1. The Bertz CT molecular complexity index is 725. The predicted octanol–water partition coefficient (Wildman–Crippen LogP) is 1.32. The third kappa shape index (κ3) is 2.52. The zero-order chi connectivity index (χ0) is 15.7. The Hall–Kier alpha value is -2.83. The second kappa shape index (κ2) is 5.51. The van der Waals surface area contributed by atoms with Crippen molar-refractivity contribution in [2.75, 3.05) is 31.6 Å². The number of carbonyl (C=O) groups is 2. The molecule has 7 heteroatoms. The van der Waals surface area contributed by atoms with Crippen molar-refractivity contribution >= 4 is 17.6 Å². The van der Waals surface area contributed by atoms with Gasteiger partial charge in [-0.3, -0.25) is 4.79 Å². The molecule has 0 unspecified atom stereocenters. The minimum Gasteiger partial charge on any atom is -0.476 e. The smallest absolute Gasteiger partial charge is 0.358 e. The van der Waals surface area contributed by atoms with E-state index in [9.17, 15) is 9.59 Å². The number of nitrogens with zero attached hydrogens (tertiary/aromatic N) is 3. The zero-order valence-electron chi connectivity index (χ0n) is 12.0. The monoisotopic (exact) mass is 301 g/mol. The van der Waals surface area contributed by atoms with E-state index in [0.717, 1.165) is 11.3 Å². The highest BCUT2D eigenvalue weighted by atomic mass is 16.5. The van der Waals surface area contributed by atoms with Crippen LogP contribution in [0.4, 0.5) is 5.69 Å². The van der Waals surface area contributed by atoms with E-state index in [-0.39, 0.29) is 18.1 Å². The number of rotatable bonds is 3. The molecule has 0 bridgehead atoms. The van der Waals surface area contributed by atoms with Crippen molar-refractivity contribution in [1.82, 2.24) is 10.1 Å². The lowest BCUT2D eigenvalue weighted by Gasteiger charge is -2.34. The van der Waals surface area contributed by atoms with Gasteiger partial charge in [0, 0.05) is 37.5 Å². The molecule has 1 aliphatic rings. The lowest BCUT2D eigenvalue weighted by molar-refractivity contribution is -0.129. The second-order valence-electron chi connectivity index (χ2n) is 5.14. The summed E-state index contributed by atoms with van der Waals surface area (Å²) < 4.78 is 5.14. The van der Waals surface area contributed by atoms with Crippen molar-refractivity contribution < 1.29 is 19.2 Å². The first-order valence-electron chi connectivity index (χ1n) is 6.84. The first-order valence-corrected chi connectivity index (χ1v) is 6.84. The third-order valence-corrected chi connectivity index (χ3v) is 3.70. The molecule has 0 saturated carbocycles. The van der Waals surface area contributed by atoms with Crippen LogP contribution in [0.2, 0.25) is 0 Å². The van der Waals surface area contributed by atoms with Gasteiger partial charge < -0.3 is 19.4 Å². The van der Waals surface area contributed by atoms with E-state index in [4.69, 9.17) is 9.63 Å². The van der Waals surface area contributed by atoms with Crippen molar-refractivity contribution in [3.05, 3.63) is 36.0 Å². The molecule has 1 aromatic carbocycles. The van der Waals surface area contributed by atoms with Crippen molar-refractivity contribution in [3.8, 4) is 11.3 Å². The molecular formula is C15H15N3O4. The number of anilines is 1. The number of piperazine rings is 1. The van der Waals surface area contributed by atoms with E-state index in [2.05, 4.69) is 5.16 Å². The average molecular weight is 301 g/mol. The van der Waals surface area contributed by atoms with E-state index in [1.807, 2.05) is 29.2 Å². The number of amides is 1. The molecule has 1 saturated heterocycles. The van der Waals surface area contributed by atoms with Crippen LogP contribution < -0.4 is 4.90 Å². The van der Waals surface area contributed by atoms with Crippen LogP contribution in [0.1, 0.15) is 10.5 Å². The van der Waals surface area contributed by atoms with Gasteiger partial charge in [0.15, 0.2) is 11.5 Å². The summed E-state index contributed by atoms with van der Waals surface area (Å²) in [6, 6.07) is 8.80. The summed E-state index contributed by atoms with van der Waals surface area (Å²) in [6.45, 7) is 1.64. The normalized spacial score (nSPS) is 15.2. The maximum atomic E-state index is 11.9. The number of hydrogen-bond acceptors (Lipinski definition) is 5. The molecule has 0 spiro atoms. The molecule has 22 heavy (non-hydrogen) atoms. The fourth-order valence-corrected chi connectivity index (χ4v) is 2.42. The molecule has 3 rings (SSSR count). The second-order valence-corrected chi connectivity index (χ2v) is 5.14. The third-order valence-electron chi connectivity index (χ3n) is 3.70. The van der Waals surface area contributed by atoms with Crippen molar-refractivity contribution in [2.24, 2.45) is 0 Å². The molecule has 1 aromatic heterocycles. The molecule has 0 atom stereocenters. The van der Waals surface area contributed by atoms with Crippen molar-refractivity contribution in [3.63, 3.8) is 0 Å². The molecule has 1 amide bonds. The zero-order valence-corrected chi connectivity index (χ0v) is 12.0. The number of carboxylic acid groups (broad SMARTS) is 1. The molecule has 114 valence electrons. The Morgan fingerprint density at radius 1 is 1.32 bits per heavy atom. The lowest BCUT2D eigenvalue weighted by atomic mass is 10.1. The van der Waals surface area contributed by atoms with Crippen LogP contribution in [0.15, 0.2) is 34.9 Å². The van der Waals surface area contributed by atoms with Crippen LogP contribution in [0, 0.1) is 0 Å². The molecular weight excluding hydrogens is 286 g/mol. The summed E-state index contributed by atoms with van der Waals surface area (Å²) in [5.41, 5.74) is 1.41. The summed E-state index contributed by atoms with van der Waals surface area (Å²) >= 11 is 0. The highest BCUT2D eigenvalue weighted by Gasteiger charge is 2.24. The molecule has 1 fully saturated rings. The Morgan fingerprint density at radius 2 is 2.09 bits per heavy atom. The number of benzene rings is 1. The van der Waals surface area contributed by atoms with Crippen LogP contribution in [0.5, 0.6) is 0 Å². The summed E-state index contributed by atoms with van der Waals surface area (Å²) in [4.78, 5) is 26.5. The average Bonchev–Trinajstić information content (AvgIpc) is 3.00. The van der Waals surface area contributed by atoms with Crippen LogP contribution >= 0.6 is 0 Å². The summed E-state index contributed by atoms with van der Waals surface area (Å²) in [5.74, 6) is -0.716. The van der Waals surface area contributed by atoms with Gasteiger partial charge >= 0.3 is 5.97 Å². The summed E-state index contributed by atoms with van der Waals surface area (Å²) in [6.07, 6.45) is 0. The van der Waals surface area contributed by atoms with E-state index < -0.39 is 5.97 Å². The number of hydrogen-bond donors (Lipinski definition) is 1. The largest absolute Gasteiger partial charge is 0.476 e. The van der Waals surface area contributed by atoms with Gasteiger partial charge in [-0.2, -0.15) is 0 Å². The predicted molar refractivity (Wildman–Crippen MR) is 78.7 cm³/mol. The standard InChI is InChI=1S/C15H15N3O4/c1-17-6-7-18(9-14(17)19)12-5-3-2-4-10(12)13-8-11(15(20)21)16-22-13/h2-5,8H,6-7,9H2,1H3,(H,20,21). The van der Waals surface area contributed by atoms with E-state index in [1.54, 1.807) is 11.9 Å². The van der Waals surface area contributed by atoms with Gasteiger partial charge in [0.2, 0.25) is 5.91 Å². The van der Waals surface area contributed by atoms with Gasteiger partial charge in [-0.1, -0.05) is 17.3 Å². The number of aromatic carboxylic acids is 1. The topological polar surface area (TPSA) is 86.9 Å². The minimum atomic E-state index is -1.14. The van der Waals surface area contributed by atoms with Crippen molar-refractivity contribution in [2.45, 2.75) is 0 Å². The highest BCUT2D eigenvalue weighted by molar-refractivity contribution is 5.89. The van der Waals surface area contributed by atoms with Gasteiger partial charge in [0.25, 0.3) is 0 Å². The number of carboxylic acids is 1. The molecule has 7 nitrogen and oxygen atoms in total. The first kappa shape index (κ1) is 14.1. The number of aromatic nitrogens is 1. The Morgan fingerprint density at radius 3 is 2.77 bits per heavy atom. The van der Waals surface area contributed by atoms with E-state index in [1.165, 1.54) is 6.07 Å². The molecule has 1 N–H and O–H groups in total. The maximum Gasteiger partial charge on any atom is 0.358 e. The molecule has 2 heterocycles. The van der Waals surface area contributed by atoms with Crippen LogP contribution in [-0.2, 0) is 4.79 Å². The van der Waals surface area contributed by atoms with E-state index in [0.29, 0.717) is 18.8 Å². The molecule has 0 radical (unpaired) electrons. The van der Waals surface area contributed by atoms with Gasteiger partial charge in [-0.25, -0.2) is 4.79 Å². The first-order chi connectivity index (χ1) is 10.6. The SMILES string of the molecule is CN1CCN(c2ccccc2-c2cc(C(=O)O)no2)CC1=O. The Balaban J connectivity index is 1.96. The Kier molecular flexibility index (Phi) is 3.54. The Labute approximate surface area is 126 Å². The van der Waals surface area contributed by atoms with Crippen LogP contribution in [-0.4, -0.2) is 53.7 Å². The fourth-order valence-electron chi connectivity index (χ4n) is 2.42. The van der Waals surface area contributed by atoms with Crippen LogP contribution in [0.3, 0.4) is 0 Å². The fraction of sp³-hybridized carbons (Fsp3) is 0.267. The van der Waals surface area contributed by atoms with Gasteiger partial charge in [-0.15, -0.1) is 0 Å². The number of likely N-dealkylation sites (N-methyl/N-ethyl adjacent to an activating group) is 1. The minimum absolute atomic E-state index is 0.0462. The van der Waals surface area contributed by atoms with Crippen LogP contribution in [0.25, 0.3) is 11.3 Å². The van der Waals surface area contributed by atoms with Crippen molar-refractivity contribution in [1.29, 1.82) is 0 Å². The van der Waals surface area contributed by atoms with Gasteiger partial charge in [-0.05, 0) is 12.1 Å². The van der Waals surface area contributed by atoms with Gasteiger partial charge in [0.1, 0.15) is 0 Å². The van der Waals surface area contributed by atoms with Gasteiger partial charge in [0.05, 0.1) is 6.54 Å². The quantitative estimate of drug-likeness (QED) is 0.920.